The molecule has 1 aromatic carbocycles. The average molecular weight is 475 g/mol. The second kappa shape index (κ2) is 11.1. The molecule has 0 unspecified atom stereocenters. The first-order valence-electron chi connectivity index (χ1n) is 10.2. The Labute approximate surface area is 195 Å². The summed E-state index contributed by atoms with van der Waals surface area (Å²) in [4.78, 5) is 25.5. The number of aryl methyl sites for hydroxylation is 2. The van der Waals surface area contributed by atoms with Crippen LogP contribution in [0.1, 0.15) is 40.5 Å². The molecule has 0 saturated carbocycles. The highest BCUT2D eigenvalue weighted by Crippen LogP contribution is 2.29. The summed E-state index contributed by atoms with van der Waals surface area (Å²) in [5, 5.41) is 12.4. The number of carbonyl (C=O) groups excluding carboxylic acids is 2. The lowest BCUT2D eigenvalue weighted by Crippen LogP contribution is -2.16. The Hall–Kier alpha value is -2.85. The molecule has 32 heavy (non-hydrogen) atoms. The number of esters is 1. The first-order chi connectivity index (χ1) is 15.4. The highest BCUT2D eigenvalue weighted by molar-refractivity contribution is 7.99. The molecule has 0 bridgehead atoms. The van der Waals surface area contributed by atoms with Crippen LogP contribution in [0.2, 0.25) is 0 Å². The molecule has 0 atom stereocenters. The smallest absolute Gasteiger partial charge is 0.341 e. The van der Waals surface area contributed by atoms with Crippen molar-refractivity contribution in [2.75, 3.05) is 17.7 Å². The van der Waals surface area contributed by atoms with E-state index >= 15 is 0 Å². The average Bonchev–Trinajstić information content (AvgIpc) is 3.33. The van der Waals surface area contributed by atoms with Crippen LogP contribution in [0.25, 0.3) is 0 Å². The van der Waals surface area contributed by atoms with Gasteiger partial charge in [0.15, 0.2) is 11.0 Å². The zero-order valence-corrected chi connectivity index (χ0v) is 20.1. The van der Waals surface area contributed by atoms with Gasteiger partial charge in [-0.1, -0.05) is 23.9 Å². The fourth-order valence-electron chi connectivity index (χ4n) is 2.96. The molecule has 8 nitrogen and oxygen atoms in total. The van der Waals surface area contributed by atoms with Crippen molar-refractivity contribution >= 4 is 40.0 Å². The number of nitrogens with zero attached hydrogens (tertiary/aromatic N) is 3. The third-order valence-electron chi connectivity index (χ3n) is 4.40. The monoisotopic (exact) mass is 474 g/mol. The van der Waals surface area contributed by atoms with E-state index in [-0.39, 0.29) is 24.9 Å². The maximum atomic E-state index is 12.5. The van der Waals surface area contributed by atoms with Crippen molar-refractivity contribution in [1.82, 2.24) is 14.8 Å². The van der Waals surface area contributed by atoms with Gasteiger partial charge in [0.2, 0.25) is 5.91 Å². The van der Waals surface area contributed by atoms with Crippen LogP contribution in [0.15, 0.2) is 35.5 Å². The molecule has 3 rings (SSSR count). The van der Waals surface area contributed by atoms with Crippen LogP contribution in [0.5, 0.6) is 5.75 Å². The Morgan fingerprint density at radius 1 is 1.19 bits per heavy atom. The number of hydrogen-bond donors (Lipinski definition) is 1. The van der Waals surface area contributed by atoms with Gasteiger partial charge < -0.3 is 19.4 Å². The van der Waals surface area contributed by atoms with Crippen molar-refractivity contribution in [3.05, 3.63) is 52.2 Å². The van der Waals surface area contributed by atoms with Gasteiger partial charge in [0.25, 0.3) is 0 Å². The normalized spacial score (nSPS) is 10.8. The number of ether oxygens (including phenoxy) is 2. The number of rotatable bonds is 10. The predicted octanol–water partition coefficient (Wildman–Crippen LogP) is 4.46. The number of benzene rings is 1. The Bertz CT molecular complexity index is 1090. The summed E-state index contributed by atoms with van der Waals surface area (Å²) in [6.07, 6.45) is 0. The first kappa shape index (κ1) is 23.8. The van der Waals surface area contributed by atoms with Crippen LogP contribution >= 0.6 is 23.1 Å². The number of thioether (sulfide) groups is 1. The third kappa shape index (κ3) is 6.10. The van der Waals surface area contributed by atoms with Crippen molar-refractivity contribution in [2.24, 2.45) is 0 Å². The summed E-state index contributed by atoms with van der Waals surface area (Å²) in [5.74, 6) is 0.925. The molecule has 2 heterocycles. The molecular weight excluding hydrogens is 448 g/mol. The van der Waals surface area contributed by atoms with Gasteiger partial charge >= 0.3 is 5.97 Å². The standard InChI is InChI=1S/C22H26N4O4S2/c1-5-26-18(12-30-16-9-7-8-14(3)10-16)24-25-22(26)31-13-19(27)23-20-17(11-15(4)32-20)21(28)29-6-2/h7-11H,5-6,12-13H2,1-4H3,(H,23,27). The minimum atomic E-state index is -0.441. The van der Waals surface area contributed by atoms with Gasteiger partial charge in [-0.15, -0.1) is 21.5 Å². The van der Waals surface area contributed by atoms with Gasteiger partial charge in [-0.2, -0.15) is 0 Å². The van der Waals surface area contributed by atoms with Crippen molar-refractivity contribution in [3.8, 4) is 5.75 Å². The second-order valence-corrected chi connectivity index (χ2v) is 9.10. The summed E-state index contributed by atoms with van der Waals surface area (Å²) in [7, 11) is 0. The number of amides is 1. The zero-order chi connectivity index (χ0) is 23.1. The van der Waals surface area contributed by atoms with Crippen molar-refractivity contribution in [3.63, 3.8) is 0 Å². The molecule has 0 aliphatic rings. The second-order valence-electron chi connectivity index (χ2n) is 6.91. The lowest BCUT2D eigenvalue weighted by atomic mass is 10.2. The summed E-state index contributed by atoms with van der Waals surface area (Å²) < 4.78 is 12.8. The maximum absolute atomic E-state index is 12.5. The number of carbonyl (C=O) groups is 2. The van der Waals surface area contributed by atoms with Crippen molar-refractivity contribution < 1.29 is 19.1 Å². The predicted molar refractivity (Wildman–Crippen MR) is 126 cm³/mol. The van der Waals surface area contributed by atoms with E-state index in [9.17, 15) is 9.59 Å². The Balaban J connectivity index is 1.60. The third-order valence-corrected chi connectivity index (χ3v) is 6.34. The van der Waals surface area contributed by atoms with E-state index < -0.39 is 5.97 Å². The molecule has 10 heteroatoms. The number of thiophene rings is 1. The summed E-state index contributed by atoms with van der Waals surface area (Å²) in [5.41, 5.74) is 1.49. The van der Waals surface area contributed by atoms with E-state index in [4.69, 9.17) is 9.47 Å². The Morgan fingerprint density at radius 3 is 2.72 bits per heavy atom. The number of anilines is 1. The molecular formula is C22H26N4O4S2. The summed E-state index contributed by atoms with van der Waals surface area (Å²) in [6, 6.07) is 9.53. The van der Waals surface area contributed by atoms with E-state index in [0.717, 1.165) is 16.2 Å². The van der Waals surface area contributed by atoms with Gasteiger partial charge in [-0.05, 0) is 51.5 Å². The summed E-state index contributed by atoms with van der Waals surface area (Å²) >= 11 is 2.63. The van der Waals surface area contributed by atoms with E-state index in [1.165, 1.54) is 23.1 Å². The number of hydrogen-bond acceptors (Lipinski definition) is 8. The van der Waals surface area contributed by atoms with Crippen molar-refractivity contribution in [1.29, 1.82) is 0 Å². The first-order valence-corrected chi connectivity index (χ1v) is 12.0. The van der Waals surface area contributed by atoms with Crippen LogP contribution in [0.4, 0.5) is 5.00 Å². The Morgan fingerprint density at radius 2 is 2.00 bits per heavy atom. The topological polar surface area (TPSA) is 95.3 Å². The molecule has 170 valence electrons. The minimum Gasteiger partial charge on any atom is -0.486 e. The lowest BCUT2D eigenvalue weighted by Gasteiger charge is -2.09. The molecule has 3 aromatic rings. The van der Waals surface area contributed by atoms with E-state index in [1.807, 2.05) is 49.6 Å². The van der Waals surface area contributed by atoms with Crippen LogP contribution < -0.4 is 10.1 Å². The van der Waals surface area contributed by atoms with Crippen LogP contribution in [0.3, 0.4) is 0 Å². The Kier molecular flexibility index (Phi) is 8.29. The largest absolute Gasteiger partial charge is 0.486 e. The molecule has 0 fully saturated rings. The zero-order valence-electron chi connectivity index (χ0n) is 18.5. The van der Waals surface area contributed by atoms with E-state index in [1.54, 1.807) is 13.0 Å². The van der Waals surface area contributed by atoms with Gasteiger partial charge in [-0.3, -0.25) is 4.79 Å². The molecule has 1 amide bonds. The minimum absolute atomic E-state index is 0.135. The fraction of sp³-hybridized carbons (Fsp3) is 0.364. The SMILES string of the molecule is CCOC(=O)c1cc(C)sc1NC(=O)CSc1nnc(COc2cccc(C)c2)n1CC. The van der Waals surface area contributed by atoms with Crippen LogP contribution in [-0.4, -0.2) is 39.0 Å². The summed E-state index contributed by atoms with van der Waals surface area (Å²) in [6.45, 7) is 8.84. The number of aromatic nitrogens is 3. The lowest BCUT2D eigenvalue weighted by molar-refractivity contribution is -0.113. The molecule has 0 aliphatic heterocycles. The molecule has 2 aromatic heterocycles. The highest BCUT2D eigenvalue weighted by Gasteiger charge is 2.19. The van der Waals surface area contributed by atoms with Crippen molar-refractivity contribution in [2.45, 2.75) is 46.0 Å². The molecule has 0 saturated heterocycles. The van der Waals surface area contributed by atoms with Gasteiger partial charge in [0, 0.05) is 11.4 Å². The maximum Gasteiger partial charge on any atom is 0.341 e. The molecule has 1 N–H and O–H groups in total. The molecule has 0 aliphatic carbocycles. The molecule has 0 radical (unpaired) electrons. The quantitative estimate of drug-likeness (QED) is 0.342. The fourth-order valence-corrected chi connectivity index (χ4v) is 4.70. The van der Waals surface area contributed by atoms with E-state index in [0.29, 0.717) is 28.1 Å². The highest BCUT2D eigenvalue weighted by atomic mass is 32.2. The molecule has 0 spiro atoms. The number of nitrogens with one attached hydrogen (secondary N) is 1. The van der Waals surface area contributed by atoms with Crippen LogP contribution in [-0.2, 0) is 22.7 Å². The van der Waals surface area contributed by atoms with Gasteiger partial charge in [0.05, 0.1) is 17.9 Å². The van der Waals surface area contributed by atoms with Gasteiger partial charge in [-0.25, -0.2) is 4.79 Å². The van der Waals surface area contributed by atoms with Gasteiger partial charge in [0.1, 0.15) is 17.4 Å². The van der Waals surface area contributed by atoms with E-state index in [2.05, 4.69) is 15.5 Å². The van der Waals surface area contributed by atoms with Crippen LogP contribution in [0, 0.1) is 13.8 Å².